The molecule has 2 N–H and O–H groups in total. The van der Waals surface area contributed by atoms with Crippen LogP contribution in [0.3, 0.4) is 0 Å². The minimum Gasteiger partial charge on any atom is -0.496 e. The molecule has 0 aliphatic heterocycles. The maximum absolute atomic E-state index is 5.90. The molecule has 1 fully saturated rings. The van der Waals surface area contributed by atoms with Crippen LogP contribution in [0.15, 0.2) is 22.7 Å². The molecule has 2 rings (SSSR count). The predicted molar refractivity (Wildman–Crippen MR) is 65.2 cm³/mol. The van der Waals surface area contributed by atoms with E-state index in [-0.39, 0.29) is 6.04 Å². The smallest absolute Gasteiger partial charge is 0.122 e. The molecule has 1 aliphatic rings. The Kier molecular flexibility index (Phi) is 3.03. The van der Waals surface area contributed by atoms with E-state index in [1.54, 1.807) is 7.11 Å². The maximum Gasteiger partial charge on any atom is 0.122 e. The predicted octanol–water partition coefficient (Wildman–Crippen LogP) is 2.91. The Morgan fingerprint density at radius 1 is 1.53 bits per heavy atom. The molecule has 2 nitrogen and oxygen atoms in total. The van der Waals surface area contributed by atoms with Gasteiger partial charge in [-0.3, -0.25) is 0 Å². The first kappa shape index (κ1) is 11.0. The quantitative estimate of drug-likeness (QED) is 0.916. The number of ether oxygens (including phenoxy) is 1. The van der Waals surface area contributed by atoms with Crippen LogP contribution in [0.4, 0.5) is 0 Å². The number of nitrogens with two attached hydrogens (primary N) is 1. The molecular weight excluding hydrogens is 254 g/mol. The van der Waals surface area contributed by atoms with Crippen molar-refractivity contribution < 1.29 is 4.74 Å². The van der Waals surface area contributed by atoms with Crippen molar-refractivity contribution in [3.05, 3.63) is 28.2 Å². The Morgan fingerprint density at radius 2 is 2.27 bits per heavy atom. The number of benzene rings is 1. The second-order valence-corrected chi connectivity index (χ2v) is 5.17. The molecular formula is C12H16BrNO. The zero-order chi connectivity index (χ0) is 11.0. The van der Waals surface area contributed by atoms with Gasteiger partial charge in [-0.2, -0.15) is 0 Å². The van der Waals surface area contributed by atoms with Crippen LogP contribution < -0.4 is 10.5 Å². The number of rotatable bonds is 3. The van der Waals surface area contributed by atoms with Gasteiger partial charge >= 0.3 is 0 Å². The van der Waals surface area contributed by atoms with Crippen LogP contribution in [-0.4, -0.2) is 13.2 Å². The highest BCUT2D eigenvalue weighted by Crippen LogP contribution is 2.52. The molecule has 1 aromatic carbocycles. The SMILES string of the molecule is COc1ccc(Br)cc1C1CC1C(C)N. The van der Waals surface area contributed by atoms with Crippen molar-refractivity contribution in [1.82, 2.24) is 0 Å². The fourth-order valence-corrected chi connectivity index (χ4v) is 2.53. The third-order valence-electron chi connectivity index (χ3n) is 3.11. The first-order valence-electron chi connectivity index (χ1n) is 5.22. The first-order valence-corrected chi connectivity index (χ1v) is 6.01. The van der Waals surface area contributed by atoms with Gasteiger partial charge in [0.1, 0.15) is 5.75 Å². The Hall–Kier alpha value is -0.540. The first-order chi connectivity index (χ1) is 7.13. The summed E-state index contributed by atoms with van der Waals surface area (Å²) in [7, 11) is 1.72. The van der Waals surface area contributed by atoms with Gasteiger partial charge in [-0.05, 0) is 48.9 Å². The Bertz CT molecular complexity index is 365. The molecule has 0 radical (unpaired) electrons. The van der Waals surface area contributed by atoms with Crippen molar-refractivity contribution in [2.45, 2.75) is 25.3 Å². The summed E-state index contributed by atoms with van der Waals surface area (Å²) in [5.74, 6) is 2.18. The number of methoxy groups -OCH3 is 1. The molecule has 3 heteroatoms. The van der Waals surface area contributed by atoms with E-state index in [2.05, 4.69) is 28.9 Å². The van der Waals surface area contributed by atoms with E-state index in [9.17, 15) is 0 Å². The van der Waals surface area contributed by atoms with Crippen LogP contribution in [0.2, 0.25) is 0 Å². The van der Waals surface area contributed by atoms with E-state index in [4.69, 9.17) is 10.5 Å². The van der Waals surface area contributed by atoms with E-state index in [1.165, 1.54) is 12.0 Å². The molecule has 3 atom stereocenters. The number of hydrogen-bond donors (Lipinski definition) is 1. The molecule has 0 saturated heterocycles. The fraction of sp³-hybridized carbons (Fsp3) is 0.500. The second kappa shape index (κ2) is 4.14. The van der Waals surface area contributed by atoms with Gasteiger partial charge < -0.3 is 10.5 Å². The van der Waals surface area contributed by atoms with E-state index >= 15 is 0 Å². The van der Waals surface area contributed by atoms with Crippen molar-refractivity contribution >= 4 is 15.9 Å². The molecule has 15 heavy (non-hydrogen) atoms. The highest BCUT2D eigenvalue weighted by molar-refractivity contribution is 9.10. The van der Waals surface area contributed by atoms with Gasteiger partial charge in [-0.15, -0.1) is 0 Å². The summed E-state index contributed by atoms with van der Waals surface area (Å²) in [6, 6.07) is 6.44. The monoisotopic (exact) mass is 269 g/mol. The number of halogens is 1. The highest BCUT2D eigenvalue weighted by atomic mass is 79.9. The molecule has 1 saturated carbocycles. The topological polar surface area (TPSA) is 35.2 Å². The Labute approximate surface area is 98.9 Å². The molecule has 1 aromatic rings. The van der Waals surface area contributed by atoms with Crippen LogP contribution in [-0.2, 0) is 0 Å². The van der Waals surface area contributed by atoms with Gasteiger partial charge in [0.25, 0.3) is 0 Å². The molecule has 0 spiro atoms. The van der Waals surface area contributed by atoms with Crippen LogP contribution >= 0.6 is 15.9 Å². The van der Waals surface area contributed by atoms with Gasteiger partial charge in [0.15, 0.2) is 0 Å². The lowest BCUT2D eigenvalue weighted by atomic mass is 10.1. The lowest BCUT2D eigenvalue weighted by Gasteiger charge is -2.09. The molecule has 1 aliphatic carbocycles. The van der Waals surface area contributed by atoms with Crippen LogP contribution in [0.25, 0.3) is 0 Å². The third-order valence-corrected chi connectivity index (χ3v) is 3.60. The minimum absolute atomic E-state index is 0.277. The molecule has 82 valence electrons. The lowest BCUT2D eigenvalue weighted by molar-refractivity contribution is 0.408. The largest absolute Gasteiger partial charge is 0.496 e. The van der Waals surface area contributed by atoms with Crippen molar-refractivity contribution in [2.24, 2.45) is 11.7 Å². The molecule has 0 aromatic heterocycles. The fourth-order valence-electron chi connectivity index (χ4n) is 2.15. The van der Waals surface area contributed by atoms with Gasteiger partial charge in [0, 0.05) is 10.5 Å². The summed E-state index contributed by atoms with van der Waals surface area (Å²) in [4.78, 5) is 0. The average molecular weight is 270 g/mol. The van der Waals surface area contributed by atoms with E-state index < -0.39 is 0 Å². The van der Waals surface area contributed by atoms with Gasteiger partial charge in [0.2, 0.25) is 0 Å². The van der Waals surface area contributed by atoms with E-state index in [0.29, 0.717) is 11.8 Å². The van der Waals surface area contributed by atoms with Gasteiger partial charge in [0.05, 0.1) is 7.11 Å². The molecule has 0 bridgehead atoms. The average Bonchev–Trinajstić information content (AvgIpc) is 2.97. The van der Waals surface area contributed by atoms with Crippen LogP contribution in [0.1, 0.15) is 24.8 Å². The number of hydrogen-bond acceptors (Lipinski definition) is 2. The summed E-state index contributed by atoms with van der Waals surface area (Å²) in [6.07, 6.45) is 1.18. The molecule has 0 amide bonds. The van der Waals surface area contributed by atoms with Crippen molar-refractivity contribution in [2.75, 3.05) is 7.11 Å². The highest BCUT2D eigenvalue weighted by Gasteiger charge is 2.42. The maximum atomic E-state index is 5.90. The third kappa shape index (κ3) is 2.18. The van der Waals surface area contributed by atoms with E-state index in [0.717, 1.165) is 10.2 Å². The summed E-state index contributed by atoms with van der Waals surface area (Å²) in [5, 5.41) is 0. The lowest BCUT2D eigenvalue weighted by Crippen LogP contribution is -2.18. The summed E-state index contributed by atoms with van der Waals surface area (Å²) in [5.41, 5.74) is 7.19. The zero-order valence-electron chi connectivity index (χ0n) is 9.03. The zero-order valence-corrected chi connectivity index (χ0v) is 10.6. The van der Waals surface area contributed by atoms with E-state index in [1.807, 2.05) is 12.1 Å². The van der Waals surface area contributed by atoms with Crippen molar-refractivity contribution in [3.63, 3.8) is 0 Å². The summed E-state index contributed by atoms with van der Waals surface area (Å²) < 4.78 is 6.47. The Morgan fingerprint density at radius 3 is 2.80 bits per heavy atom. The van der Waals surface area contributed by atoms with Crippen molar-refractivity contribution in [3.8, 4) is 5.75 Å². The minimum atomic E-state index is 0.277. The van der Waals surface area contributed by atoms with Crippen molar-refractivity contribution in [1.29, 1.82) is 0 Å². The van der Waals surface area contributed by atoms with Crippen LogP contribution in [0.5, 0.6) is 5.75 Å². The molecule has 0 heterocycles. The molecule has 3 unspecified atom stereocenters. The van der Waals surface area contributed by atoms with Gasteiger partial charge in [-0.25, -0.2) is 0 Å². The summed E-state index contributed by atoms with van der Waals surface area (Å²) >= 11 is 3.49. The summed E-state index contributed by atoms with van der Waals surface area (Å²) in [6.45, 7) is 2.08. The normalized spacial score (nSPS) is 26.1. The van der Waals surface area contributed by atoms with Gasteiger partial charge in [-0.1, -0.05) is 15.9 Å². The standard InChI is InChI=1S/C12H16BrNO/c1-7(14)9-6-10(9)11-5-8(13)3-4-12(11)15-2/h3-5,7,9-10H,6,14H2,1-2H3. The second-order valence-electron chi connectivity index (χ2n) is 4.25. The van der Waals surface area contributed by atoms with Crippen LogP contribution in [0, 0.1) is 5.92 Å². The Balaban J connectivity index is 2.25.